The first-order chi connectivity index (χ1) is 9.04. The zero-order valence-corrected chi connectivity index (χ0v) is 12.9. The van der Waals surface area contributed by atoms with E-state index in [1.54, 1.807) is 0 Å². The maximum absolute atomic E-state index is 6.11. The Labute approximate surface area is 127 Å². The molecule has 1 atom stereocenters. The number of H-pyrrole nitrogens is 1. The normalized spacial score (nSPS) is 20.5. The molecule has 0 spiro atoms. The molecule has 1 unspecified atom stereocenters. The average molecular weight is 316 g/mol. The van der Waals surface area contributed by atoms with Crippen LogP contribution in [0, 0.1) is 10.7 Å². The van der Waals surface area contributed by atoms with Crippen LogP contribution < -0.4 is 0 Å². The highest BCUT2D eigenvalue weighted by atomic mass is 35.5. The number of nitrogens with one attached hydrogen (secondary N) is 1. The van der Waals surface area contributed by atoms with Crippen molar-refractivity contribution < 1.29 is 0 Å². The Hall–Kier alpha value is -0.550. The molecule has 3 nitrogen and oxygen atoms in total. The van der Waals surface area contributed by atoms with Crippen molar-refractivity contribution in [2.75, 3.05) is 20.1 Å². The van der Waals surface area contributed by atoms with Crippen molar-refractivity contribution in [1.82, 2.24) is 14.5 Å². The van der Waals surface area contributed by atoms with E-state index >= 15 is 0 Å². The van der Waals surface area contributed by atoms with Crippen LogP contribution in [0.15, 0.2) is 12.1 Å². The van der Waals surface area contributed by atoms with E-state index in [1.807, 2.05) is 12.1 Å². The molecule has 1 aliphatic rings. The van der Waals surface area contributed by atoms with Crippen LogP contribution in [0.3, 0.4) is 0 Å². The molecule has 6 heteroatoms. The standard InChI is InChI=1S/C13H15Cl2N3S/c1-17-3-2-8(6-17)7-18-12-5-10(15)9(14)4-11(12)16-13(18)19/h4-5,8H,2-3,6-7H2,1H3,(H,16,19). The SMILES string of the molecule is CN1CCC(Cn2c(=S)[nH]c3cc(Cl)c(Cl)cc32)C1. The Morgan fingerprint density at radius 2 is 2.11 bits per heavy atom. The van der Waals surface area contributed by atoms with Gasteiger partial charge in [-0.3, -0.25) is 0 Å². The van der Waals surface area contributed by atoms with E-state index in [9.17, 15) is 0 Å². The van der Waals surface area contributed by atoms with E-state index in [1.165, 1.54) is 6.42 Å². The highest BCUT2D eigenvalue weighted by molar-refractivity contribution is 7.71. The van der Waals surface area contributed by atoms with Gasteiger partial charge in [-0.15, -0.1) is 0 Å². The van der Waals surface area contributed by atoms with E-state index in [4.69, 9.17) is 35.4 Å². The van der Waals surface area contributed by atoms with Crippen LogP contribution in [-0.4, -0.2) is 34.6 Å². The van der Waals surface area contributed by atoms with Gasteiger partial charge in [-0.2, -0.15) is 0 Å². The number of aromatic amines is 1. The molecule has 1 aromatic heterocycles. The predicted octanol–water partition coefficient (Wildman–Crippen LogP) is 3.96. The number of halogens is 2. The second-order valence-electron chi connectivity index (χ2n) is 5.24. The monoisotopic (exact) mass is 315 g/mol. The average Bonchev–Trinajstić information content (AvgIpc) is 2.87. The van der Waals surface area contributed by atoms with E-state index in [0.29, 0.717) is 16.0 Å². The highest BCUT2D eigenvalue weighted by Gasteiger charge is 2.21. The maximum Gasteiger partial charge on any atom is 0.178 e. The largest absolute Gasteiger partial charge is 0.331 e. The number of rotatable bonds is 2. The summed E-state index contributed by atoms with van der Waals surface area (Å²) < 4.78 is 2.87. The third kappa shape index (κ3) is 2.55. The fourth-order valence-electron chi connectivity index (χ4n) is 2.77. The van der Waals surface area contributed by atoms with E-state index < -0.39 is 0 Å². The summed E-state index contributed by atoms with van der Waals surface area (Å²) in [5.74, 6) is 0.644. The van der Waals surface area contributed by atoms with Crippen LogP contribution in [0.25, 0.3) is 11.0 Å². The molecule has 0 radical (unpaired) electrons. The lowest BCUT2D eigenvalue weighted by atomic mass is 10.1. The van der Waals surface area contributed by atoms with Gasteiger partial charge < -0.3 is 14.5 Å². The maximum atomic E-state index is 6.11. The molecule has 0 amide bonds. The minimum absolute atomic E-state index is 0.554. The second kappa shape index (κ2) is 5.09. The first-order valence-corrected chi connectivity index (χ1v) is 7.47. The molecule has 19 heavy (non-hydrogen) atoms. The predicted molar refractivity (Wildman–Crippen MR) is 82.7 cm³/mol. The Balaban J connectivity index is 2.01. The summed E-state index contributed by atoms with van der Waals surface area (Å²) in [5.41, 5.74) is 1.99. The molecule has 0 saturated carbocycles. The summed E-state index contributed by atoms with van der Waals surface area (Å²) in [6, 6.07) is 3.73. The van der Waals surface area contributed by atoms with Crippen molar-refractivity contribution in [1.29, 1.82) is 0 Å². The minimum Gasteiger partial charge on any atom is -0.331 e. The number of nitrogens with zero attached hydrogens (tertiary/aromatic N) is 2. The third-order valence-corrected chi connectivity index (χ3v) is 4.79. The molecule has 0 aliphatic carbocycles. The molecule has 0 bridgehead atoms. The van der Waals surface area contributed by atoms with Gasteiger partial charge in [0.15, 0.2) is 4.77 Å². The molecule has 2 aromatic rings. The van der Waals surface area contributed by atoms with E-state index in [2.05, 4.69) is 21.5 Å². The summed E-state index contributed by atoms with van der Waals surface area (Å²) in [4.78, 5) is 5.56. The van der Waals surface area contributed by atoms with E-state index in [-0.39, 0.29) is 0 Å². The molecule has 1 N–H and O–H groups in total. The third-order valence-electron chi connectivity index (χ3n) is 3.75. The summed E-state index contributed by atoms with van der Waals surface area (Å²) in [6.45, 7) is 3.21. The van der Waals surface area contributed by atoms with Crippen molar-refractivity contribution in [3.8, 4) is 0 Å². The number of imidazole rings is 1. The lowest BCUT2D eigenvalue weighted by Gasteiger charge is -2.12. The molecule has 1 saturated heterocycles. The van der Waals surface area contributed by atoms with Gasteiger partial charge in [0.2, 0.25) is 0 Å². The fourth-order valence-corrected chi connectivity index (χ4v) is 3.37. The molecular weight excluding hydrogens is 301 g/mol. The van der Waals surface area contributed by atoms with E-state index in [0.717, 1.165) is 35.4 Å². The lowest BCUT2D eigenvalue weighted by molar-refractivity contribution is 0.379. The van der Waals surface area contributed by atoms with Crippen molar-refractivity contribution >= 4 is 46.5 Å². The van der Waals surface area contributed by atoms with Crippen LogP contribution >= 0.6 is 35.4 Å². The molecule has 1 aliphatic heterocycles. The van der Waals surface area contributed by atoms with Crippen LogP contribution in [0.5, 0.6) is 0 Å². The Morgan fingerprint density at radius 1 is 1.37 bits per heavy atom. The number of hydrogen-bond acceptors (Lipinski definition) is 2. The van der Waals surface area contributed by atoms with Crippen molar-refractivity contribution in [2.45, 2.75) is 13.0 Å². The van der Waals surface area contributed by atoms with Crippen LogP contribution in [0.2, 0.25) is 10.0 Å². The smallest absolute Gasteiger partial charge is 0.178 e. The number of hydrogen-bond donors (Lipinski definition) is 1. The zero-order chi connectivity index (χ0) is 13.6. The molecule has 1 aromatic carbocycles. The van der Waals surface area contributed by atoms with Gasteiger partial charge >= 0.3 is 0 Å². The van der Waals surface area contributed by atoms with Crippen LogP contribution in [-0.2, 0) is 6.54 Å². The summed E-state index contributed by atoms with van der Waals surface area (Å²) in [5, 5.41) is 1.12. The zero-order valence-electron chi connectivity index (χ0n) is 10.6. The van der Waals surface area contributed by atoms with Crippen molar-refractivity contribution in [3.63, 3.8) is 0 Å². The number of likely N-dealkylation sites (tertiary alicyclic amines) is 1. The van der Waals surface area contributed by atoms with Gasteiger partial charge in [-0.05, 0) is 50.3 Å². The number of benzene rings is 1. The summed E-state index contributed by atoms with van der Waals surface area (Å²) >= 11 is 17.6. The first-order valence-electron chi connectivity index (χ1n) is 6.30. The quantitative estimate of drug-likeness (QED) is 0.848. The highest BCUT2D eigenvalue weighted by Crippen LogP contribution is 2.28. The minimum atomic E-state index is 0.554. The summed E-state index contributed by atoms with van der Waals surface area (Å²) in [7, 11) is 2.16. The molecule has 102 valence electrons. The van der Waals surface area contributed by atoms with Crippen LogP contribution in [0.4, 0.5) is 0 Å². The Kier molecular flexibility index (Phi) is 3.60. The fraction of sp³-hybridized carbons (Fsp3) is 0.462. The van der Waals surface area contributed by atoms with Crippen molar-refractivity contribution in [3.05, 3.63) is 26.9 Å². The Morgan fingerprint density at radius 3 is 2.79 bits per heavy atom. The number of fused-ring (bicyclic) bond motifs is 1. The van der Waals surface area contributed by atoms with Gasteiger partial charge in [0.05, 0.1) is 21.1 Å². The second-order valence-corrected chi connectivity index (χ2v) is 6.44. The summed E-state index contributed by atoms with van der Waals surface area (Å²) in [6.07, 6.45) is 1.21. The van der Waals surface area contributed by atoms with Crippen molar-refractivity contribution in [2.24, 2.45) is 5.92 Å². The van der Waals surface area contributed by atoms with Gasteiger partial charge in [0.25, 0.3) is 0 Å². The molecular formula is C13H15Cl2N3S. The van der Waals surface area contributed by atoms with Crippen LogP contribution in [0.1, 0.15) is 6.42 Å². The van der Waals surface area contributed by atoms with Gasteiger partial charge in [-0.25, -0.2) is 0 Å². The van der Waals surface area contributed by atoms with Gasteiger partial charge in [-0.1, -0.05) is 23.2 Å². The van der Waals surface area contributed by atoms with Gasteiger partial charge in [0.1, 0.15) is 0 Å². The number of aromatic nitrogens is 2. The first kappa shape index (κ1) is 13.4. The molecule has 1 fully saturated rings. The lowest BCUT2D eigenvalue weighted by Crippen LogP contribution is -2.17. The molecule has 2 heterocycles. The van der Waals surface area contributed by atoms with Gasteiger partial charge in [0, 0.05) is 13.1 Å². The Bertz CT molecular complexity index is 676. The topological polar surface area (TPSA) is 24.0 Å². The molecule has 3 rings (SSSR count).